The van der Waals surface area contributed by atoms with E-state index in [1.165, 1.54) is 0 Å². The Hall–Kier alpha value is -1.02. The number of benzene rings is 1. The Bertz CT molecular complexity index is 324. The third kappa shape index (κ3) is 1.31. The molecule has 0 amide bonds. The first-order chi connectivity index (χ1) is 6.16. The van der Waals surface area contributed by atoms with Gasteiger partial charge in [-0.3, -0.25) is 0 Å². The van der Waals surface area contributed by atoms with Crippen molar-refractivity contribution in [2.75, 3.05) is 0 Å². The third-order valence-electron chi connectivity index (χ3n) is 3.03. The predicted molar refractivity (Wildman–Crippen MR) is 52.4 cm³/mol. The maximum absolute atomic E-state index is 9.31. The first-order valence-corrected chi connectivity index (χ1v) is 4.75. The Labute approximate surface area is 78.4 Å². The third-order valence-corrected chi connectivity index (χ3v) is 3.03. The number of phenols is 1. The summed E-state index contributed by atoms with van der Waals surface area (Å²) in [6.07, 6.45) is 2.17. The Morgan fingerprint density at radius 1 is 1.62 bits per heavy atom. The van der Waals surface area contributed by atoms with E-state index in [0.717, 1.165) is 18.4 Å². The molecule has 2 rings (SSSR count). The van der Waals surface area contributed by atoms with E-state index in [0.29, 0.717) is 11.7 Å². The monoisotopic (exact) mass is 177 g/mol. The Morgan fingerprint density at radius 3 is 2.92 bits per heavy atom. The van der Waals surface area contributed by atoms with Crippen molar-refractivity contribution >= 4 is 0 Å². The van der Waals surface area contributed by atoms with Crippen LogP contribution in [-0.4, -0.2) is 5.11 Å². The van der Waals surface area contributed by atoms with E-state index >= 15 is 0 Å². The Balaban J connectivity index is 2.27. The summed E-state index contributed by atoms with van der Waals surface area (Å²) in [4.78, 5) is 0. The fourth-order valence-corrected chi connectivity index (χ4v) is 2.01. The molecule has 0 radical (unpaired) electrons. The number of nitrogens with two attached hydrogens (primary N) is 1. The maximum Gasteiger partial charge on any atom is 0.115 e. The minimum atomic E-state index is -0.159. The molecule has 0 heterocycles. The summed E-state index contributed by atoms with van der Waals surface area (Å²) < 4.78 is 0. The number of aromatic hydroxyl groups is 1. The summed E-state index contributed by atoms with van der Waals surface area (Å²) >= 11 is 0. The molecule has 0 spiro atoms. The van der Waals surface area contributed by atoms with E-state index in [9.17, 15) is 5.11 Å². The zero-order valence-corrected chi connectivity index (χ0v) is 7.83. The summed E-state index contributed by atoms with van der Waals surface area (Å²) in [5.41, 5.74) is 7.09. The van der Waals surface area contributed by atoms with E-state index < -0.39 is 0 Å². The largest absolute Gasteiger partial charge is 0.508 e. The quantitative estimate of drug-likeness (QED) is 0.725. The fourth-order valence-electron chi connectivity index (χ4n) is 2.01. The van der Waals surface area contributed by atoms with Gasteiger partial charge < -0.3 is 10.8 Å². The minimum Gasteiger partial charge on any atom is -0.508 e. The average Bonchev–Trinajstić information content (AvgIpc) is 2.79. The fraction of sp³-hybridized carbons (Fsp3) is 0.455. The normalized spacial score (nSPS) is 31.7. The van der Waals surface area contributed by atoms with Crippen LogP contribution in [0.5, 0.6) is 5.75 Å². The van der Waals surface area contributed by atoms with E-state index in [-0.39, 0.29) is 5.54 Å². The molecule has 0 saturated heterocycles. The molecule has 2 nitrogen and oxygen atoms in total. The summed E-state index contributed by atoms with van der Waals surface area (Å²) in [5, 5.41) is 9.31. The number of rotatable bonds is 2. The lowest BCUT2D eigenvalue weighted by molar-refractivity contribution is 0.472. The molecule has 1 aliphatic carbocycles. The molecule has 2 atom stereocenters. The highest BCUT2D eigenvalue weighted by Gasteiger charge is 2.50. The van der Waals surface area contributed by atoms with Gasteiger partial charge in [0.25, 0.3) is 0 Å². The van der Waals surface area contributed by atoms with Crippen LogP contribution in [0.3, 0.4) is 0 Å². The molecule has 13 heavy (non-hydrogen) atoms. The van der Waals surface area contributed by atoms with Crippen LogP contribution >= 0.6 is 0 Å². The molecule has 3 N–H and O–H groups in total. The van der Waals surface area contributed by atoms with Crippen LogP contribution in [-0.2, 0) is 5.54 Å². The van der Waals surface area contributed by atoms with Crippen LogP contribution in [0.2, 0.25) is 0 Å². The summed E-state index contributed by atoms with van der Waals surface area (Å²) in [7, 11) is 0. The van der Waals surface area contributed by atoms with Crippen molar-refractivity contribution in [2.45, 2.75) is 25.3 Å². The molecular weight excluding hydrogens is 162 g/mol. The lowest BCUT2D eigenvalue weighted by Crippen LogP contribution is -2.21. The lowest BCUT2D eigenvalue weighted by Gasteiger charge is -2.11. The molecule has 1 aromatic carbocycles. The van der Waals surface area contributed by atoms with Gasteiger partial charge in [0.15, 0.2) is 0 Å². The number of phenolic OH excluding ortho intramolecular Hbond substituents is 1. The lowest BCUT2D eigenvalue weighted by atomic mass is 10.0. The molecule has 1 fully saturated rings. The highest BCUT2D eigenvalue weighted by Crippen LogP contribution is 2.51. The van der Waals surface area contributed by atoms with Gasteiger partial charge in [0.2, 0.25) is 0 Å². The summed E-state index contributed by atoms with van der Waals surface area (Å²) in [6, 6.07) is 7.30. The highest BCUT2D eigenvalue weighted by molar-refractivity contribution is 5.37. The molecule has 2 heteroatoms. The van der Waals surface area contributed by atoms with Gasteiger partial charge in [-0.05, 0) is 30.0 Å². The molecule has 1 aromatic rings. The molecular formula is C11H15NO. The summed E-state index contributed by atoms with van der Waals surface area (Å²) in [5.74, 6) is 0.901. The smallest absolute Gasteiger partial charge is 0.115 e. The van der Waals surface area contributed by atoms with Crippen molar-refractivity contribution in [2.24, 2.45) is 11.7 Å². The van der Waals surface area contributed by atoms with E-state index in [1.54, 1.807) is 12.1 Å². The Morgan fingerprint density at radius 2 is 2.38 bits per heavy atom. The van der Waals surface area contributed by atoms with Crippen molar-refractivity contribution in [3.05, 3.63) is 29.8 Å². The molecule has 70 valence electrons. The van der Waals surface area contributed by atoms with Gasteiger partial charge in [-0.25, -0.2) is 0 Å². The van der Waals surface area contributed by atoms with Gasteiger partial charge in [0.05, 0.1) is 0 Å². The average molecular weight is 177 g/mol. The summed E-state index contributed by atoms with van der Waals surface area (Å²) in [6.45, 7) is 2.15. The standard InChI is InChI=1S/C11H15NO/c1-2-8-7-11(8,12)9-4-3-5-10(13)6-9/h3-6,8,13H,2,7,12H2,1H3. The molecule has 0 bridgehead atoms. The zero-order chi connectivity index (χ0) is 9.47. The molecule has 0 aliphatic heterocycles. The van der Waals surface area contributed by atoms with Crippen LogP contribution in [0, 0.1) is 5.92 Å². The predicted octanol–water partition coefficient (Wildman–Crippen LogP) is 1.98. The van der Waals surface area contributed by atoms with Crippen molar-refractivity contribution in [3.8, 4) is 5.75 Å². The zero-order valence-electron chi connectivity index (χ0n) is 7.83. The molecule has 0 aromatic heterocycles. The van der Waals surface area contributed by atoms with Crippen molar-refractivity contribution in [1.29, 1.82) is 0 Å². The highest BCUT2D eigenvalue weighted by atomic mass is 16.3. The first-order valence-electron chi connectivity index (χ1n) is 4.75. The molecule has 2 unspecified atom stereocenters. The van der Waals surface area contributed by atoms with Gasteiger partial charge in [-0.2, -0.15) is 0 Å². The van der Waals surface area contributed by atoms with Crippen LogP contribution in [0.15, 0.2) is 24.3 Å². The second-order valence-electron chi connectivity index (χ2n) is 3.90. The van der Waals surface area contributed by atoms with E-state index in [1.807, 2.05) is 12.1 Å². The SMILES string of the molecule is CCC1CC1(N)c1cccc(O)c1. The van der Waals surface area contributed by atoms with Crippen LogP contribution in [0.1, 0.15) is 25.3 Å². The second-order valence-corrected chi connectivity index (χ2v) is 3.90. The van der Waals surface area contributed by atoms with Crippen LogP contribution in [0.4, 0.5) is 0 Å². The van der Waals surface area contributed by atoms with Crippen LogP contribution in [0.25, 0.3) is 0 Å². The van der Waals surface area contributed by atoms with Crippen molar-refractivity contribution < 1.29 is 5.11 Å². The molecule has 1 aliphatic rings. The van der Waals surface area contributed by atoms with Crippen molar-refractivity contribution in [3.63, 3.8) is 0 Å². The molecule has 1 saturated carbocycles. The van der Waals surface area contributed by atoms with E-state index in [2.05, 4.69) is 6.92 Å². The minimum absolute atomic E-state index is 0.159. The maximum atomic E-state index is 9.31. The first kappa shape index (κ1) is 8.57. The van der Waals surface area contributed by atoms with Gasteiger partial charge in [-0.15, -0.1) is 0 Å². The van der Waals surface area contributed by atoms with Gasteiger partial charge in [0.1, 0.15) is 5.75 Å². The van der Waals surface area contributed by atoms with Crippen molar-refractivity contribution in [1.82, 2.24) is 0 Å². The van der Waals surface area contributed by atoms with E-state index in [4.69, 9.17) is 5.73 Å². The van der Waals surface area contributed by atoms with Gasteiger partial charge in [-0.1, -0.05) is 25.5 Å². The van der Waals surface area contributed by atoms with Gasteiger partial charge >= 0.3 is 0 Å². The number of hydrogen-bond acceptors (Lipinski definition) is 2. The van der Waals surface area contributed by atoms with Crippen LogP contribution < -0.4 is 5.73 Å². The number of hydrogen-bond donors (Lipinski definition) is 2. The van der Waals surface area contributed by atoms with Gasteiger partial charge in [0, 0.05) is 5.54 Å². The Kier molecular flexibility index (Phi) is 1.81. The second kappa shape index (κ2) is 2.74. The topological polar surface area (TPSA) is 46.2 Å².